The fraction of sp³-hybridized carbons (Fsp3) is 0.333. The predicted molar refractivity (Wildman–Crippen MR) is 39.3 cm³/mol. The van der Waals surface area contributed by atoms with Crippen molar-refractivity contribution in [2.24, 2.45) is 0 Å². The Morgan fingerprint density at radius 2 is 2.44 bits per heavy atom. The molecule has 0 N–H and O–H groups in total. The third-order valence-corrected chi connectivity index (χ3v) is 1.49. The van der Waals surface area contributed by atoms with Crippen molar-refractivity contribution < 1.29 is 0 Å². The molecule has 0 fully saturated rings. The highest BCUT2D eigenvalue weighted by Gasteiger charge is 1.87. The summed E-state index contributed by atoms with van der Waals surface area (Å²) in [6, 6.07) is 0. The SMILES string of the molecule is CSCc1cnccn1. The summed E-state index contributed by atoms with van der Waals surface area (Å²) in [7, 11) is 0. The smallest absolute Gasteiger partial charge is 0.0685 e. The summed E-state index contributed by atoms with van der Waals surface area (Å²) in [5.74, 6) is 0.952. The molecule has 0 bridgehead atoms. The van der Waals surface area contributed by atoms with E-state index in [0.29, 0.717) is 0 Å². The molecule has 1 rings (SSSR count). The van der Waals surface area contributed by atoms with E-state index >= 15 is 0 Å². The van der Waals surface area contributed by atoms with E-state index in [2.05, 4.69) is 16.2 Å². The molecule has 2 nitrogen and oxygen atoms in total. The zero-order chi connectivity index (χ0) is 6.53. The van der Waals surface area contributed by atoms with Crippen molar-refractivity contribution in [3.05, 3.63) is 24.3 Å². The average Bonchev–Trinajstić information content (AvgIpc) is 1.91. The summed E-state index contributed by atoms with van der Waals surface area (Å²) in [6.45, 7) is 0. The number of hydrogen-bond donors (Lipinski definition) is 0. The van der Waals surface area contributed by atoms with Gasteiger partial charge in [-0.2, -0.15) is 11.8 Å². The van der Waals surface area contributed by atoms with Gasteiger partial charge in [0.2, 0.25) is 0 Å². The van der Waals surface area contributed by atoms with E-state index < -0.39 is 0 Å². The summed E-state index contributed by atoms with van der Waals surface area (Å²) < 4.78 is 0. The minimum atomic E-state index is 0.952. The van der Waals surface area contributed by atoms with Gasteiger partial charge in [-0.05, 0) is 6.26 Å². The van der Waals surface area contributed by atoms with Gasteiger partial charge < -0.3 is 0 Å². The van der Waals surface area contributed by atoms with Gasteiger partial charge in [0.05, 0.1) is 5.69 Å². The van der Waals surface area contributed by atoms with Crippen LogP contribution in [0.3, 0.4) is 0 Å². The molecule has 1 aromatic heterocycles. The lowest BCUT2D eigenvalue weighted by Gasteiger charge is -1.91. The van der Waals surface area contributed by atoms with Gasteiger partial charge in [0.1, 0.15) is 0 Å². The number of rotatable bonds is 2. The molecule has 0 saturated carbocycles. The second-order valence-electron chi connectivity index (χ2n) is 1.63. The Morgan fingerprint density at radius 1 is 1.56 bits per heavy atom. The fourth-order valence-electron chi connectivity index (χ4n) is 0.552. The first-order valence-electron chi connectivity index (χ1n) is 2.67. The highest BCUT2D eigenvalue weighted by atomic mass is 32.2. The molecule has 48 valence electrons. The molecule has 0 aliphatic carbocycles. The third-order valence-electron chi connectivity index (χ3n) is 0.909. The first-order valence-corrected chi connectivity index (χ1v) is 4.06. The van der Waals surface area contributed by atoms with E-state index in [1.165, 1.54) is 0 Å². The standard InChI is InChI=1S/C6H8N2S/c1-9-5-6-4-7-2-3-8-6/h2-4H,5H2,1H3. The Kier molecular flexibility index (Phi) is 2.51. The first-order chi connectivity index (χ1) is 4.43. The second kappa shape index (κ2) is 3.45. The van der Waals surface area contributed by atoms with Gasteiger partial charge in [-0.3, -0.25) is 9.97 Å². The highest BCUT2D eigenvalue weighted by Crippen LogP contribution is 2.02. The van der Waals surface area contributed by atoms with E-state index in [1.54, 1.807) is 30.4 Å². The molecular weight excluding hydrogens is 132 g/mol. The third kappa shape index (κ3) is 2.01. The van der Waals surface area contributed by atoms with Crippen LogP contribution in [0.15, 0.2) is 18.6 Å². The zero-order valence-electron chi connectivity index (χ0n) is 5.24. The van der Waals surface area contributed by atoms with Crippen molar-refractivity contribution in [2.45, 2.75) is 5.75 Å². The zero-order valence-corrected chi connectivity index (χ0v) is 6.06. The summed E-state index contributed by atoms with van der Waals surface area (Å²) in [4.78, 5) is 8.01. The van der Waals surface area contributed by atoms with Crippen LogP contribution in [-0.2, 0) is 5.75 Å². The molecule has 0 aliphatic heterocycles. The Hall–Kier alpha value is -0.570. The Balaban J connectivity index is 2.61. The van der Waals surface area contributed by atoms with Crippen LogP contribution in [-0.4, -0.2) is 16.2 Å². The molecule has 1 heterocycles. The van der Waals surface area contributed by atoms with Gasteiger partial charge >= 0.3 is 0 Å². The minimum Gasteiger partial charge on any atom is -0.261 e. The maximum Gasteiger partial charge on any atom is 0.0685 e. The lowest BCUT2D eigenvalue weighted by atomic mass is 10.5. The quantitative estimate of drug-likeness (QED) is 0.620. The van der Waals surface area contributed by atoms with Crippen molar-refractivity contribution in [1.29, 1.82) is 0 Å². The van der Waals surface area contributed by atoms with Crippen molar-refractivity contribution in [3.63, 3.8) is 0 Å². The molecule has 9 heavy (non-hydrogen) atoms. The highest BCUT2D eigenvalue weighted by molar-refractivity contribution is 7.97. The van der Waals surface area contributed by atoms with E-state index in [0.717, 1.165) is 11.4 Å². The molecule has 0 aromatic carbocycles. The Morgan fingerprint density at radius 3 is 3.00 bits per heavy atom. The summed E-state index contributed by atoms with van der Waals surface area (Å²) in [5, 5.41) is 0. The van der Waals surface area contributed by atoms with Crippen LogP contribution in [0.5, 0.6) is 0 Å². The number of hydrogen-bond acceptors (Lipinski definition) is 3. The topological polar surface area (TPSA) is 25.8 Å². The van der Waals surface area contributed by atoms with Gasteiger partial charge in [0.25, 0.3) is 0 Å². The van der Waals surface area contributed by atoms with Gasteiger partial charge in [-0.15, -0.1) is 0 Å². The van der Waals surface area contributed by atoms with Crippen molar-refractivity contribution in [2.75, 3.05) is 6.26 Å². The van der Waals surface area contributed by atoms with Crippen molar-refractivity contribution in [3.8, 4) is 0 Å². The molecule has 0 atom stereocenters. The van der Waals surface area contributed by atoms with Gasteiger partial charge in [0.15, 0.2) is 0 Å². The lowest BCUT2D eigenvalue weighted by molar-refractivity contribution is 1.10. The van der Waals surface area contributed by atoms with Gasteiger partial charge in [-0.25, -0.2) is 0 Å². The Bertz CT molecular complexity index is 164. The van der Waals surface area contributed by atoms with E-state index in [1.807, 2.05) is 0 Å². The van der Waals surface area contributed by atoms with Crippen LogP contribution < -0.4 is 0 Å². The largest absolute Gasteiger partial charge is 0.261 e. The van der Waals surface area contributed by atoms with Crippen LogP contribution in [0.2, 0.25) is 0 Å². The number of thioether (sulfide) groups is 1. The monoisotopic (exact) mass is 140 g/mol. The molecule has 0 unspecified atom stereocenters. The van der Waals surface area contributed by atoms with Crippen LogP contribution in [0.4, 0.5) is 0 Å². The molecule has 3 heteroatoms. The second-order valence-corrected chi connectivity index (χ2v) is 2.50. The van der Waals surface area contributed by atoms with Crippen molar-refractivity contribution >= 4 is 11.8 Å². The van der Waals surface area contributed by atoms with Crippen LogP contribution in [0.25, 0.3) is 0 Å². The van der Waals surface area contributed by atoms with Crippen LogP contribution in [0.1, 0.15) is 5.69 Å². The molecule has 0 radical (unpaired) electrons. The lowest BCUT2D eigenvalue weighted by Crippen LogP contribution is -1.84. The fourth-order valence-corrected chi connectivity index (χ4v) is 0.997. The van der Waals surface area contributed by atoms with Gasteiger partial charge in [-0.1, -0.05) is 0 Å². The first kappa shape index (κ1) is 6.55. The normalized spacial score (nSPS) is 9.44. The van der Waals surface area contributed by atoms with Crippen LogP contribution >= 0.6 is 11.8 Å². The maximum atomic E-state index is 4.09. The number of nitrogens with zero attached hydrogens (tertiary/aromatic N) is 2. The molecule has 1 aromatic rings. The summed E-state index contributed by atoms with van der Waals surface area (Å²) in [5.41, 5.74) is 1.05. The minimum absolute atomic E-state index is 0.952. The summed E-state index contributed by atoms with van der Waals surface area (Å²) in [6.07, 6.45) is 7.24. The maximum absolute atomic E-state index is 4.09. The molecular formula is C6H8N2S. The molecule has 0 saturated heterocycles. The molecule has 0 spiro atoms. The molecule has 0 amide bonds. The molecule has 0 aliphatic rings. The predicted octanol–water partition coefficient (Wildman–Crippen LogP) is 1.34. The van der Waals surface area contributed by atoms with E-state index in [4.69, 9.17) is 0 Å². The van der Waals surface area contributed by atoms with Crippen molar-refractivity contribution in [1.82, 2.24) is 9.97 Å². The van der Waals surface area contributed by atoms with Crippen LogP contribution in [0, 0.1) is 0 Å². The Labute approximate surface area is 58.7 Å². The average molecular weight is 140 g/mol. The number of aromatic nitrogens is 2. The van der Waals surface area contributed by atoms with Gasteiger partial charge in [0, 0.05) is 24.3 Å². The van der Waals surface area contributed by atoms with E-state index in [-0.39, 0.29) is 0 Å². The van der Waals surface area contributed by atoms with E-state index in [9.17, 15) is 0 Å². The summed E-state index contributed by atoms with van der Waals surface area (Å²) >= 11 is 1.75.